The minimum absolute atomic E-state index is 0.732. The number of anilines is 2. The van der Waals surface area contributed by atoms with Crippen molar-refractivity contribution in [2.24, 2.45) is 0 Å². The lowest BCUT2D eigenvalue weighted by Crippen LogP contribution is -1.98. The Balaban J connectivity index is 1.47. The van der Waals surface area contributed by atoms with Crippen molar-refractivity contribution in [3.8, 4) is 11.4 Å². The van der Waals surface area contributed by atoms with E-state index in [0.29, 0.717) is 0 Å². The predicted molar refractivity (Wildman–Crippen MR) is 122 cm³/mol. The van der Waals surface area contributed by atoms with E-state index in [0.717, 1.165) is 44.0 Å². The Morgan fingerprint density at radius 3 is 2.90 bits per heavy atom. The Bertz CT molecular complexity index is 1510. The fourth-order valence-electron chi connectivity index (χ4n) is 3.54. The van der Waals surface area contributed by atoms with Gasteiger partial charge in [-0.25, -0.2) is 9.97 Å². The van der Waals surface area contributed by atoms with Crippen molar-refractivity contribution in [3.05, 3.63) is 65.0 Å². The highest BCUT2D eigenvalue weighted by Crippen LogP contribution is 2.33. The number of nitrogens with one attached hydrogen (secondary N) is 2. The first-order chi connectivity index (χ1) is 14.2. The summed E-state index contributed by atoms with van der Waals surface area (Å²) < 4.78 is 2.31. The molecule has 6 aromatic rings. The van der Waals surface area contributed by atoms with Gasteiger partial charge < -0.3 is 5.32 Å². The van der Waals surface area contributed by atoms with Crippen LogP contribution in [0.5, 0.6) is 0 Å². The Morgan fingerprint density at radius 1 is 0.966 bits per heavy atom. The van der Waals surface area contributed by atoms with Crippen molar-refractivity contribution in [2.75, 3.05) is 5.32 Å². The summed E-state index contributed by atoms with van der Waals surface area (Å²) in [7, 11) is 0. The van der Waals surface area contributed by atoms with Crippen LogP contribution in [-0.2, 0) is 0 Å². The predicted octanol–water partition coefficient (Wildman–Crippen LogP) is 6.50. The Hall–Kier alpha value is -3.29. The first-order valence-corrected chi connectivity index (χ1v) is 10.9. The molecule has 0 aliphatic heterocycles. The summed E-state index contributed by atoms with van der Waals surface area (Å²) in [5, 5.41) is 14.9. The first-order valence-electron chi connectivity index (χ1n) is 9.19. The summed E-state index contributed by atoms with van der Waals surface area (Å²) in [6, 6.07) is 16.8. The third-order valence-electron chi connectivity index (χ3n) is 4.91. The molecule has 0 bridgehead atoms. The van der Waals surface area contributed by atoms with Crippen LogP contribution in [0.2, 0.25) is 0 Å². The molecule has 0 saturated heterocycles. The average Bonchev–Trinajstić information content (AvgIpc) is 3.45. The molecule has 0 amide bonds. The topological polar surface area (TPSA) is 66.5 Å². The maximum Gasteiger partial charge on any atom is 0.162 e. The third kappa shape index (κ3) is 2.86. The van der Waals surface area contributed by atoms with Crippen LogP contribution in [0.3, 0.4) is 0 Å². The van der Waals surface area contributed by atoms with E-state index in [1.807, 2.05) is 24.4 Å². The van der Waals surface area contributed by atoms with Gasteiger partial charge in [0, 0.05) is 26.2 Å². The molecule has 29 heavy (non-hydrogen) atoms. The third-order valence-corrected chi connectivity index (χ3v) is 6.83. The maximum absolute atomic E-state index is 4.89. The quantitative estimate of drug-likeness (QED) is 0.347. The normalized spacial score (nSPS) is 11.6. The number of nitrogens with zero attached hydrogens (tertiary/aromatic N) is 3. The number of aromatic nitrogens is 4. The number of aryl methyl sites for hydroxylation is 1. The number of aromatic amines is 1. The minimum atomic E-state index is 0.732. The number of fused-ring (bicyclic) bond motifs is 3. The van der Waals surface area contributed by atoms with Crippen molar-refractivity contribution in [2.45, 2.75) is 6.92 Å². The second-order valence-electron chi connectivity index (χ2n) is 6.94. The largest absolute Gasteiger partial charge is 0.339 e. The summed E-state index contributed by atoms with van der Waals surface area (Å²) in [6.07, 6.45) is 1.82. The molecule has 0 unspecified atom stereocenters. The molecule has 5 nitrogen and oxygen atoms in total. The summed E-state index contributed by atoms with van der Waals surface area (Å²) in [5.41, 5.74) is 3.97. The smallest absolute Gasteiger partial charge is 0.162 e. The van der Waals surface area contributed by atoms with Gasteiger partial charge in [0.1, 0.15) is 0 Å². The lowest BCUT2D eigenvalue weighted by Gasteiger charge is -2.09. The van der Waals surface area contributed by atoms with Gasteiger partial charge in [0.2, 0.25) is 0 Å². The van der Waals surface area contributed by atoms with E-state index in [4.69, 9.17) is 9.97 Å². The van der Waals surface area contributed by atoms with Crippen molar-refractivity contribution < 1.29 is 0 Å². The molecule has 7 heteroatoms. The molecule has 0 spiro atoms. The highest BCUT2D eigenvalue weighted by Gasteiger charge is 2.12. The van der Waals surface area contributed by atoms with Crippen LogP contribution in [0.1, 0.15) is 4.88 Å². The second-order valence-corrected chi connectivity index (χ2v) is 9.14. The molecule has 0 radical (unpaired) electrons. The van der Waals surface area contributed by atoms with Crippen LogP contribution >= 0.6 is 22.7 Å². The van der Waals surface area contributed by atoms with Crippen LogP contribution in [0.15, 0.2) is 60.1 Å². The van der Waals surface area contributed by atoms with E-state index in [-0.39, 0.29) is 0 Å². The molecule has 0 saturated carbocycles. The highest BCUT2D eigenvalue weighted by atomic mass is 32.1. The van der Waals surface area contributed by atoms with Crippen molar-refractivity contribution in [1.82, 2.24) is 20.2 Å². The summed E-state index contributed by atoms with van der Waals surface area (Å²) in [5.74, 6) is 1.56. The van der Waals surface area contributed by atoms with E-state index < -0.39 is 0 Å². The summed E-state index contributed by atoms with van der Waals surface area (Å²) in [4.78, 5) is 11.0. The van der Waals surface area contributed by atoms with Gasteiger partial charge in [-0.3, -0.25) is 5.10 Å². The fraction of sp³-hybridized carbons (Fsp3) is 0.0455. The van der Waals surface area contributed by atoms with E-state index in [2.05, 4.69) is 58.1 Å². The second kappa shape index (κ2) is 6.37. The van der Waals surface area contributed by atoms with E-state index >= 15 is 0 Å². The number of hydrogen-bond acceptors (Lipinski definition) is 6. The summed E-state index contributed by atoms with van der Waals surface area (Å²) in [6.45, 7) is 2.14. The van der Waals surface area contributed by atoms with Crippen LogP contribution in [0.4, 0.5) is 11.5 Å². The molecular weight excluding hydrogens is 398 g/mol. The van der Waals surface area contributed by atoms with Crippen molar-refractivity contribution in [1.29, 1.82) is 0 Å². The van der Waals surface area contributed by atoms with Crippen LogP contribution in [0.25, 0.3) is 42.6 Å². The molecule has 2 aromatic carbocycles. The fourth-order valence-corrected chi connectivity index (χ4v) is 5.28. The van der Waals surface area contributed by atoms with Crippen LogP contribution in [-0.4, -0.2) is 20.2 Å². The van der Waals surface area contributed by atoms with Crippen LogP contribution < -0.4 is 5.32 Å². The zero-order valence-electron chi connectivity index (χ0n) is 15.4. The Labute approximate surface area is 174 Å². The van der Waals surface area contributed by atoms with Gasteiger partial charge in [-0.05, 0) is 54.1 Å². The summed E-state index contributed by atoms with van der Waals surface area (Å²) >= 11 is 3.44. The average molecular weight is 414 g/mol. The molecular formula is C22H15N5S2. The van der Waals surface area contributed by atoms with Gasteiger partial charge in [-0.1, -0.05) is 12.1 Å². The highest BCUT2D eigenvalue weighted by molar-refractivity contribution is 7.19. The van der Waals surface area contributed by atoms with Gasteiger partial charge in [0.25, 0.3) is 0 Å². The number of H-pyrrole nitrogens is 1. The molecule has 0 fully saturated rings. The van der Waals surface area contributed by atoms with Crippen LogP contribution in [0, 0.1) is 6.92 Å². The molecule has 0 atom stereocenters. The molecule has 0 aliphatic carbocycles. The van der Waals surface area contributed by atoms with Gasteiger partial charge in [-0.15, -0.1) is 22.7 Å². The molecule has 2 N–H and O–H groups in total. The first kappa shape index (κ1) is 16.6. The van der Waals surface area contributed by atoms with Gasteiger partial charge in [0.15, 0.2) is 11.6 Å². The zero-order chi connectivity index (χ0) is 19.4. The minimum Gasteiger partial charge on any atom is -0.339 e. The Kier molecular flexibility index (Phi) is 3.65. The van der Waals surface area contributed by atoms with Gasteiger partial charge in [-0.2, -0.15) is 5.10 Å². The van der Waals surface area contributed by atoms with E-state index in [1.54, 1.807) is 22.7 Å². The number of thiophene rings is 2. The zero-order valence-corrected chi connectivity index (χ0v) is 17.1. The maximum atomic E-state index is 4.89. The molecule has 6 rings (SSSR count). The lowest BCUT2D eigenvalue weighted by atomic mass is 10.1. The Morgan fingerprint density at radius 2 is 1.93 bits per heavy atom. The number of rotatable bonds is 3. The van der Waals surface area contributed by atoms with Crippen molar-refractivity contribution in [3.63, 3.8) is 0 Å². The monoisotopic (exact) mass is 413 g/mol. The SMILES string of the molecule is Cc1cc2ccc(-c3nc(Nc4ccc5[nH]ncc5c4)c4sccc4n3)cc2s1. The molecule has 4 heterocycles. The lowest BCUT2D eigenvalue weighted by molar-refractivity contribution is 1.12. The molecule has 140 valence electrons. The number of benzene rings is 2. The standard InChI is InChI=1S/C22H15N5S2/c1-12-8-13-2-3-14(10-19(13)29-12)21-25-18-6-7-28-20(18)22(26-21)24-16-4-5-17-15(9-16)11-23-27-17/h2-11H,1H3,(H,23,27)(H,24,25,26). The van der Waals surface area contributed by atoms with Gasteiger partial charge in [0.05, 0.1) is 21.9 Å². The van der Waals surface area contributed by atoms with Gasteiger partial charge >= 0.3 is 0 Å². The molecule has 0 aliphatic rings. The van der Waals surface area contributed by atoms with E-state index in [1.165, 1.54) is 15.0 Å². The van der Waals surface area contributed by atoms with Crippen molar-refractivity contribution >= 4 is 65.4 Å². The molecule has 4 aromatic heterocycles. The van der Waals surface area contributed by atoms with E-state index in [9.17, 15) is 0 Å². The number of hydrogen-bond donors (Lipinski definition) is 2.